The highest BCUT2D eigenvalue weighted by Crippen LogP contribution is 2.26. The van der Waals surface area contributed by atoms with E-state index >= 15 is 0 Å². The second kappa shape index (κ2) is 6.48. The molecule has 0 atom stereocenters. The van der Waals surface area contributed by atoms with Crippen LogP contribution in [0.4, 0.5) is 8.78 Å². The molecular formula is C11H12F2O2S. The molecule has 1 rings (SSSR count). The Labute approximate surface area is 96.7 Å². The van der Waals surface area contributed by atoms with E-state index in [0.29, 0.717) is 29.5 Å². The number of benzene rings is 1. The monoisotopic (exact) mass is 246 g/mol. The van der Waals surface area contributed by atoms with Gasteiger partial charge in [-0.15, -0.1) is 0 Å². The van der Waals surface area contributed by atoms with Crippen LogP contribution in [0.2, 0.25) is 0 Å². The van der Waals surface area contributed by atoms with Crippen molar-refractivity contribution in [1.29, 1.82) is 0 Å². The van der Waals surface area contributed by atoms with Gasteiger partial charge in [-0.1, -0.05) is 23.9 Å². The van der Waals surface area contributed by atoms with Crippen molar-refractivity contribution in [3.05, 3.63) is 29.8 Å². The number of hydrogen-bond donors (Lipinski definition) is 1. The summed E-state index contributed by atoms with van der Waals surface area (Å²) in [6.45, 7) is 0. The largest absolute Gasteiger partial charge is 0.481 e. The molecule has 0 saturated carbocycles. The van der Waals surface area contributed by atoms with Crippen LogP contribution in [0, 0.1) is 0 Å². The summed E-state index contributed by atoms with van der Waals surface area (Å²) in [5, 5.41) is 8.46. The third-order valence-electron chi connectivity index (χ3n) is 1.98. The highest BCUT2D eigenvalue weighted by Gasteiger charge is 2.05. The zero-order valence-corrected chi connectivity index (χ0v) is 9.34. The SMILES string of the molecule is O=C(O)CCCc1cccc(SC(F)F)c1. The Morgan fingerprint density at radius 1 is 1.44 bits per heavy atom. The molecule has 0 heterocycles. The maximum absolute atomic E-state index is 12.1. The fraction of sp³-hybridized carbons (Fsp3) is 0.364. The molecular weight excluding hydrogens is 234 g/mol. The van der Waals surface area contributed by atoms with Crippen LogP contribution >= 0.6 is 11.8 Å². The van der Waals surface area contributed by atoms with Crippen molar-refractivity contribution < 1.29 is 18.7 Å². The first-order valence-corrected chi connectivity index (χ1v) is 5.71. The Morgan fingerprint density at radius 2 is 2.19 bits per heavy atom. The van der Waals surface area contributed by atoms with Crippen LogP contribution in [0.25, 0.3) is 0 Å². The molecule has 1 aromatic carbocycles. The Bertz CT molecular complexity index is 356. The van der Waals surface area contributed by atoms with E-state index in [0.717, 1.165) is 5.56 Å². The number of aryl methyl sites for hydroxylation is 1. The molecule has 0 aliphatic heterocycles. The Balaban J connectivity index is 2.50. The van der Waals surface area contributed by atoms with Crippen LogP contribution in [0.1, 0.15) is 18.4 Å². The number of carboxylic acids is 1. The highest BCUT2D eigenvalue weighted by atomic mass is 32.2. The zero-order valence-electron chi connectivity index (χ0n) is 8.53. The molecule has 0 spiro atoms. The average molecular weight is 246 g/mol. The summed E-state index contributed by atoms with van der Waals surface area (Å²) in [6, 6.07) is 6.83. The quantitative estimate of drug-likeness (QED) is 0.781. The van der Waals surface area contributed by atoms with Gasteiger partial charge in [-0.25, -0.2) is 0 Å². The van der Waals surface area contributed by atoms with Crippen LogP contribution in [0.5, 0.6) is 0 Å². The van der Waals surface area contributed by atoms with Gasteiger partial charge in [-0.3, -0.25) is 4.79 Å². The van der Waals surface area contributed by atoms with Crippen molar-refractivity contribution in [1.82, 2.24) is 0 Å². The van der Waals surface area contributed by atoms with Crippen LogP contribution in [0.15, 0.2) is 29.2 Å². The summed E-state index contributed by atoms with van der Waals surface area (Å²) in [5.41, 5.74) is 0.895. The number of carboxylic acid groups (broad SMARTS) is 1. The molecule has 0 fully saturated rings. The molecule has 0 aromatic heterocycles. The second-order valence-electron chi connectivity index (χ2n) is 3.27. The first-order valence-electron chi connectivity index (χ1n) is 4.83. The summed E-state index contributed by atoms with van der Waals surface area (Å²) in [4.78, 5) is 10.8. The number of rotatable bonds is 6. The van der Waals surface area contributed by atoms with Gasteiger partial charge in [0.1, 0.15) is 0 Å². The van der Waals surface area contributed by atoms with Gasteiger partial charge in [0, 0.05) is 11.3 Å². The summed E-state index contributed by atoms with van der Waals surface area (Å²) in [6.07, 6.45) is 1.23. The average Bonchev–Trinajstić information content (AvgIpc) is 2.16. The zero-order chi connectivity index (χ0) is 12.0. The van der Waals surface area contributed by atoms with Gasteiger partial charge in [0.2, 0.25) is 0 Å². The summed E-state index contributed by atoms with van der Waals surface area (Å²) in [7, 11) is 0. The van der Waals surface area contributed by atoms with E-state index in [2.05, 4.69) is 0 Å². The molecule has 0 aliphatic carbocycles. The standard InChI is InChI=1S/C11H12F2O2S/c12-11(13)16-9-5-1-3-8(7-9)4-2-6-10(14)15/h1,3,5,7,11H,2,4,6H2,(H,14,15). The second-order valence-corrected chi connectivity index (χ2v) is 4.34. The number of carbonyl (C=O) groups is 1. The first kappa shape index (κ1) is 13.0. The van der Waals surface area contributed by atoms with Gasteiger partial charge in [-0.2, -0.15) is 8.78 Å². The number of aliphatic carboxylic acids is 1. The number of halogens is 2. The number of alkyl halides is 2. The van der Waals surface area contributed by atoms with Gasteiger partial charge < -0.3 is 5.11 Å². The molecule has 16 heavy (non-hydrogen) atoms. The van der Waals surface area contributed by atoms with Crippen LogP contribution in [-0.2, 0) is 11.2 Å². The van der Waals surface area contributed by atoms with E-state index in [9.17, 15) is 13.6 Å². The lowest BCUT2D eigenvalue weighted by Crippen LogP contribution is -1.96. The topological polar surface area (TPSA) is 37.3 Å². The van der Waals surface area contributed by atoms with Gasteiger partial charge in [-0.05, 0) is 30.5 Å². The molecule has 2 nitrogen and oxygen atoms in total. The van der Waals surface area contributed by atoms with Gasteiger partial charge >= 0.3 is 5.97 Å². The van der Waals surface area contributed by atoms with Crippen molar-refractivity contribution in [3.8, 4) is 0 Å². The minimum absolute atomic E-state index is 0.103. The van der Waals surface area contributed by atoms with Crippen molar-refractivity contribution >= 4 is 17.7 Å². The van der Waals surface area contributed by atoms with Crippen molar-refractivity contribution in [2.75, 3.05) is 0 Å². The van der Waals surface area contributed by atoms with E-state index in [4.69, 9.17) is 5.11 Å². The molecule has 0 saturated heterocycles. The molecule has 0 unspecified atom stereocenters. The maximum atomic E-state index is 12.1. The lowest BCUT2D eigenvalue weighted by Gasteiger charge is -2.03. The Hall–Kier alpha value is -1.10. The molecule has 1 N–H and O–H groups in total. The van der Waals surface area contributed by atoms with E-state index in [-0.39, 0.29) is 6.42 Å². The third-order valence-corrected chi connectivity index (χ3v) is 2.68. The number of thioether (sulfide) groups is 1. The molecule has 5 heteroatoms. The predicted molar refractivity (Wildman–Crippen MR) is 58.9 cm³/mol. The summed E-state index contributed by atoms with van der Waals surface area (Å²) < 4.78 is 24.2. The molecule has 88 valence electrons. The maximum Gasteiger partial charge on any atom is 0.303 e. The molecule has 0 amide bonds. The van der Waals surface area contributed by atoms with Crippen LogP contribution in [0.3, 0.4) is 0 Å². The smallest absolute Gasteiger partial charge is 0.303 e. The van der Waals surface area contributed by atoms with E-state index in [1.54, 1.807) is 18.2 Å². The summed E-state index contributed by atoms with van der Waals surface area (Å²) >= 11 is 0.503. The normalized spacial score (nSPS) is 10.7. The van der Waals surface area contributed by atoms with E-state index < -0.39 is 11.7 Å². The number of hydrogen-bond acceptors (Lipinski definition) is 2. The van der Waals surface area contributed by atoms with Gasteiger partial charge in [0.25, 0.3) is 5.76 Å². The lowest BCUT2D eigenvalue weighted by molar-refractivity contribution is -0.137. The van der Waals surface area contributed by atoms with Crippen molar-refractivity contribution in [3.63, 3.8) is 0 Å². The fourth-order valence-electron chi connectivity index (χ4n) is 1.32. The van der Waals surface area contributed by atoms with Gasteiger partial charge in [0.15, 0.2) is 0 Å². The Kier molecular flexibility index (Phi) is 5.25. The van der Waals surface area contributed by atoms with Crippen molar-refractivity contribution in [2.45, 2.75) is 29.9 Å². The van der Waals surface area contributed by atoms with Gasteiger partial charge in [0.05, 0.1) is 0 Å². The molecule has 0 radical (unpaired) electrons. The molecule has 0 bridgehead atoms. The third kappa shape index (κ3) is 5.11. The lowest BCUT2D eigenvalue weighted by atomic mass is 10.1. The first-order chi connectivity index (χ1) is 7.58. The van der Waals surface area contributed by atoms with Crippen LogP contribution in [-0.4, -0.2) is 16.8 Å². The predicted octanol–water partition coefficient (Wildman–Crippen LogP) is 3.41. The fourth-order valence-corrected chi connectivity index (χ4v) is 1.90. The molecule has 1 aromatic rings. The summed E-state index contributed by atoms with van der Waals surface area (Å²) in [5.74, 6) is -3.26. The van der Waals surface area contributed by atoms with Crippen molar-refractivity contribution in [2.24, 2.45) is 0 Å². The van der Waals surface area contributed by atoms with E-state index in [1.165, 1.54) is 0 Å². The Morgan fingerprint density at radius 3 is 2.81 bits per heavy atom. The minimum atomic E-state index is -2.42. The highest BCUT2D eigenvalue weighted by molar-refractivity contribution is 7.99. The molecule has 0 aliphatic rings. The van der Waals surface area contributed by atoms with E-state index in [1.807, 2.05) is 6.07 Å². The van der Waals surface area contributed by atoms with Crippen LogP contribution < -0.4 is 0 Å². The minimum Gasteiger partial charge on any atom is -0.481 e.